The van der Waals surface area contributed by atoms with E-state index in [2.05, 4.69) is 40.0 Å². The highest BCUT2D eigenvalue weighted by Crippen LogP contribution is 2.34. The first-order chi connectivity index (χ1) is 37.1. The lowest BCUT2D eigenvalue weighted by Gasteiger charge is -2.15. The number of pyridine rings is 2. The van der Waals surface area contributed by atoms with Crippen molar-refractivity contribution in [3.63, 3.8) is 0 Å². The number of ether oxygens (including phenoxy) is 2. The molecule has 26 heteroatoms. The molecule has 0 saturated heterocycles. The Hall–Kier alpha value is -8.06. The summed E-state index contributed by atoms with van der Waals surface area (Å²) in [6.45, 7) is 4.07. The molecule has 0 radical (unpaired) electrons. The molecule has 78 heavy (non-hydrogen) atoms. The highest BCUT2D eigenvalue weighted by atomic mass is 35.5. The Balaban J connectivity index is 0.000000226. The normalized spacial score (nSPS) is 12.2. The van der Waals surface area contributed by atoms with E-state index in [-0.39, 0.29) is 79.0 Å². The molecule has 20 nitrogen and oxygen atoms in total. The molecular weight excluding hydrogens is 1100 g/mol. The molecule has 2 atom stereocenters. The summed E-state index contributed by atoms with van der Waals surface area (Å²) in [6.07, 6.45) is 6.86. The molecule has 0 fully saturated rings. The van der Waals surface area contributed by atoms with Gasteiger partial charge in [-0.05, 0) is 96.8 Å². The lowest BCUT2D eigenvalue weighted by atomic mass is 10.0. The van der Waals surface area contributed by atoms with Gasteiger partial charge in [0.15, 0.2) is 0 Å². The highest BCUT2D eigenvalue weighted by molar-refractivity contribution is 7.93. The number of nitrogens with one attached hydrogen (secondary N) is 4. The summed E-state index contributed by atoms with van der Waals surface area (Å²) < 4.78 is 96.9. The van der Waals surface area contributed by atoms with E-state index in [1.165, 1.54) is 60.5 Å². The predicted octanol–water partition coefficient (Wildman–Crippen LogP) is 7.67. The number of halogens is 4. The summed E-state index contributed by atoms with van der Waals surface area (Å²) >= 11 is 11.9. The van der Waals surface area contributed by atoms with Crippen LogP contribution in [0.4, 0.5) is 20.2 Å². The van der Waals surface area contributed by atoms with E-state index in [9.17, 15) is 44.8 Å². The number of carbonyl (C=O) groups is 2. The van der Waals surface area contributed by atoms with Crippen LogP contribution in [0.1, 0.15) is 26.7 Å². The van der Waals surface area contributed by atoms with Crippen LogP contribution in [0.15, 0.2) is 129 Å². The van der Waals surface area contributed by atoms with E-state index in [4.69, 9.17) is 32.7 Å². The van der Waals surface area contributed by atoms with Gasteiger partial charge in [-0.15, -0.1) is 0 Å². The number of sulfonamides is 2. The molecule has 0 spiro atoms. The lowest BCUT2D eigenvalue weighted by molar-refractivity contribution is -0.125. The van der Waals surface area contributed by atoms with Crippen LogP contribution in [0.2, 0.25) is 10.0 Å². The Morgan fingerprint density at radius 3 is 1.29 bits per heavy atom. The van der Waals surface area contributed by atoms with E-state index in [1.54, 1.807) is 50.5 Å². The van der Waals surface area contributed by atoms with Gasteiger partial charge >= 0.3 is 0 Å². The number of hydrogen-bond donors (Lipinski definition) is 4. The van der Waals surface area contributed by atoms with Crippen LogP contribution in [-0.4, -0.2) is 86.0 Å². The maximum Gasteiger partial charge on any atom is 0.263 e. The minimum absolute atomic E-state index is 0.00909. The van der Waals surface area contributed by atoms with Gasteiger partial charge in [0, 0.05) is 50.7 Å². The summed E-state index contributed by atoms with van der Waals surface area (Å²) in [6, 6.07) is 18.9. The number of carbonyl (C=O) groups excluding carboxylic acids is 2. The molecule has 4 N–H and O–H groups in total. The molecule has 408 valence electrons. The smallest absolute Gasteiger partial charge is 0.263 e. The number of rotatable bonds is 18. The fourth-order valence-corrected chi connectivity index (χ4v) is 11.3. The minimum Gasteiger partial charge on any atom is -0.480 e. The Bertz CT molecular complexity index is 3710. The van der Waals surface area contributed by atoms with Crippen molar-refractivity contribution in [2.75, 3.05) is 37.8 Å². The molecule has 8 aromatic rings. The van der Waals surface area contributed by atoms with Gasteiger partial charge in [-0.25, -0.2) is 45.6 Å². The summed E-state index contributed by atoms with van der Waals surface area (Å²) in [5.41, 5.74) is 2.38. The molecule has 0 aliphatic heterocycles. The van der Waals surface area contributed by atoms with Crippen LogP contribution < -0.4 is 40.7 Å². The Kier molecular flexibility index (Phi) is 18.1. The topological polar surface area (TPSA) is 265 Å². The van der Waals surface area contributed by atoms with Crippen molar-refractivity contribution >= 4 is 88.2 Å². The van der Waals surface area contributed by atoms with Gasteiger partial charge in [-0.2, -0.15) is 0 Å². The molecule has 2 amide bonds. The number of amides is 2. The third-order valence-electron chi connectivity index (χ3n) is 12.3. The van der Waals surface area contributed by atoms with E-state index in [1.807, 2.05) is 13.8 Å². The minimum atomic E-state index is -4.23. The van der Waals surface area contributed by atoms with Crippen LogP contribution in [0.5, 0.6) is 11.8 Å². The number of fused-ring (bicyclic) bond motifs is 2. The fourth-order valence-electron chi connectivity index (χ4n) is 8.09. The van der Waals surface area contributed by atoms with Crippen molar-refractivity contribution in [3.8, 4) is 34.0 Å². The van der Waals surface area contributed by atoms with Gasteiger partial charge in [-0.1, -0.05) is 49.2 Å². The second kappa shape index (κ2) is 24.5. The van der Waals surface area contributed by atoms with Gasteiger partial charge in [0.25, 0.3) is 31.2 Å². The zero-order chi connectivity index (χ0) is 56.6. The molecule has 0 unspecified atom stereocenters. The van der Waals surface area contributed by atoms with E-state index >= 15 is 0 Å². The van der Waals surface area contributed by atoms with Crippen LogP contribution in [0.25, 0.3) is 44.1 Å². The van der Waals surface area contributed by atoms with Gasteiger partial charge in [0.1, 0.15) is 32.8 Å². The van der Waals surface area contributed by atoms with Crippen molar-refractivity contribution in [1.29, 1.82) is 0 Å². The number of nitrogens with zero attached hydrogens (tertiary/aromatic N) is 6. The predicted molar refractivity (Wildman–Crippen MR) is 292 cm³/mol. The monoisotopic (exact) mass is 1150 g/mol. The number of methoxy groups -OCH3 is 2. The first-order valence-electron chi connectivity index (χ1n) is 23.6. The zero-order valence-corrected chi connectivity index (χ0v) is 45.6. The molecule has 4 aromatic carbocycles. The number of hydrogen-bond acceptors (Lipinski definition) is 14. The third-order valence-corrected chi connectivity index (χ3v) is 16.0. The standard InChI is InChI=1S/2C26H25ClFN5O5S/c2*1-4-15(24(34)29-2)13-33-14-31-21-7-5-16(9-19(21)26(33)35)17-10-22(25(38-3)30-12-17)32-39(36,37)23-8-6-18(28)11-20(23)27/h2*5-12,14-15,32H,4,13H2,1-3H3,(H,29,34)/t2*15-/m10/s1. The third kappa shape index (κ3) is 12.8. The number of aromatic nitrogens is 6. The molecule has 0 aliphatic rings. The van der Waals surface area contributed by atoms with Crippen molar-refractivity contribution in [3.05, 3.63) is 152 Å². The van der Waals surface area contributed by atoms with Gasteiger partial charge in [0.2, 0.25) is 23.6 Å². The quantitative estimate of drug-likeness (QED) is 0.0643. The largest absolute Gasteiger partial charge is 0.480 e. The van der Waals surface area contributed by atoms with E-state index in [0.29, 0.717) is 56.9 Å². The zero-order valence-electron chi connectivity index (χ0n) is 42.5. The maximum atomic E-state index is 13.4. The lowest BCUT2D eigenvalue weighted by Crippen LogP contribution is -2.33. The maximum absolute atomic E-state index is 13.4. The van der Waals surface area contributed by atoms with E-state index in [0.717, 1.165) is 36.4 Å². The van der Waals surface area contributed by atoms with Crippen molar-refractivity contribution in [1.82, 2.24) is 39.7 Å². The molecule has 0 saturated carbocycles. The van der Waals surface area contributed by atoms with Crippen molar-refractivity contribution in [2.45, 2.75) is 49.6 Å². The van der Waals surface area contributed by atoms with Crippen molar-refractivity contribution in [2.24, 2.45) is 11.8 Å². The van der Waals surface area contributed by atoms with Crippen LogP contribution >= 0.6 is 23.2 Å². The summed E-state index contributed by atoms with van der Waals surface area (Å²) in [4.78, 5) is 67.3. The van der Waals surface area contributed by atoms with Crippen LogP contribution in [0, 0.1) is 23.5 Å². The second-order valence-electron chi connectivity index (χ2n) is 17.2. The second-order valence-corrected chi connectivity index (χ2v) is 21.3. The molecule has 0 aliphatic carbocycles. The van der Waals surface area contributed by atoms with Crippen LogP contribution in [0.3, 0.4) is 0 Å². The Morgan fingerprint density at radius 1 is 0.577 bits per heavy atom. The summed E-state index contributed by atoms with van der Waals surface area (Å²) in [7, 11) is -2.70. The highest BCUT2D eigenvalue weighted by Gasteiger charge is 2.25. The summed E-state index contributed by atoms with van der Waals surface area (Å²) in [5.74, 6) is -2.50. The molecular formula is C52H50Cl2F2N10O10S2. The molecule has 4 aromatic heterocycles. The average Bonchev–Trinajstić information content (AvgIpc) is 3.42. The SMILES string of the molecule is CC[C@@H](Cn1cnc2ccc(-c3cnc(OC)c(NS(=O)(=O)c4ccc(F)cc4Cl)c3)cc2c1=O)C(=O)NC.CC[C@H](Cn1cnc2ccc(-c3cnc(OC)c(NS(=O)(=O)c4ccc(F)cc4Cl)c3)cc2c1=O)C(=O)NC. The number of anilines is 2. The Morgan fingerprint density at radius 2 is 0.962 bits per heavy atom. The molecule has 0 bridgehead atoms. The van der Waals surface area contributed by atoms with E-state index < -0.39 is 43.5 Å². The van der Waals surface area contributed by atoms with Gasteiger partial charge < -0.3 is 20.1 Å². The average molecular weight is 1150 g/mol. The van der Waals surface area contributed by atoms with Crippen LogP contribution in [-0.2, 0) is 42.7 Å². The van der Waals surface area contributed by atoms with Gasteiger partial charge in [0.05, 0.1) is 70.6 Å². The molecule has 8 rings (SSSR count). The fraction of sp³-hybridized carbons (Fsp3) is 0.231. The number of benzene rings is 4. The first-order valence-corrected chi connectivity index (χ1v) is 27.3. The molecule has 4 heterocycles. The first kappa shape index (κ1) is 57.6. The Labute approximate surface area is 455 Å². The van der Waals surface area contributed by atoms with Gasteiger partial charge in [-0.3, -0.25) is 37.8 Å². The summed E-state index contributed by atoms with van der Waals surface area (Å²) in [5, 5.41) is 5.27. The van der Waals surface area contributed by atoms with Crippen molar-refractivity contribution < 1.29 is 44.7 Å².